The number of amides is 1. The van der Waals surface area contributed by atoms with Crippen molar-refractivity contribution < 1.29 is 27.9 Å². The molecule has 2 aliphatic carbocycles. The average Bonchev–Trinajstić information content (AvgIpc) is 3.15. The van der Waals surface area contributed by atoms with Crippen molar-refractivity contribution in [1.82, 2.24) is 4.90 Å². The van der Waals surface area contributed by atoms with Crippen LogP contribution in [-0.2, 0) is 21.2 Å². The van der Waals surface area contributed by atoms with Crippen molar-refractivity contribution in [1.29, 1.82) is 0 Å². The summed E-state index contributed by atoms with van der Waals surface area (Å²) >= 11 is 0. The van der Waals surface area contributed by atoms with Crippen LogP contribution in [-0.4, -0.2) is 35.0 Å². The number of fused-ring (bicyclic) bond motifs is 1. The van der Waals surface area contributed by atoms with E-state index in [1.807, 2.05) is 0 Å². The number of carboxylic acid groups (broad SMARTS) is 1. The highest BCUT2D eigenvalue weighted by atomic mass is 19.4. The molecule has 0 aromatic heterocycles. The second kappa shape index (κ2) is 5.47. The lowest BCUT2D eigenvalue weighted by molar-refractivity contribution is -0.149. The molecule has 4 rings (SSSR count). The lowest BCUT2D eigenvalue weighted by atomic mass is 9.81. The first-order chi connectivity index (χ1) is 12.2. The first-order valence-electron chi connectivity index (χ1n) is 8.90. The van der Waals surface area contributed by atoms with Gasteiger partial charge in [0, 0.05) is 13.1 Å². The second-order valence-electron chi connectivity index (χ2n) is 7.90. The van der Waals surface area contributed by atoms with Gasteiger partial charge in [-0.3, -0.25) is 9.59 Å². The van der Waals surface area contributed by atoms with Gasteiger partial charge in [-0.15, -0.1) is 0 Å². The van der Waals surface area contributed by atoms with E-state index in [4.69, 9.17) is 0 Å². The zero-order valence-corrected chi connectivity index (χ0v) is 14.2. The van der Waals surface area contributed by atoms with E-state index < -0.39 is 28.5 Å². The zero-order chi connectivity index (χ0) is 18.7. The Hall–Kier alpha value is -2.05. The number of hydrogen-bond acceptors (Lipinski definition) is 2. The second-order valence-corrected chi connectivity index (χ2v) is 7.90. The van der Waals surface area contributed by atoms with Crippen molar-refractivity contribution in [3.63, 3.8) is 0 Å². The van der Waals surface area contributed by atoms with E-state index in [1.165, 1.54) is 6.07 Å². The Bertz CT molecular complexity index is 772. The molecule has 4 nitrogen and oxygen atoms in total. The molecule has 1 N–H and O–H groups in total. The minimum Gasteiger partial charge on any atom is -0.481 e. The van der Waals surface area contributed by atoms with Crippen molar-refractivity contribution in [3.05, 3.63) is 35.4 Å². The average molecular weight is 367 g/mol. The lowest BCUT2D eigenvalue weighted by Crippen LogP contribution is -2.41. The first kappa shape index (κ1) is 17.4. The molecule has 2 atom stereocenters. The van der Waals surface area contributed by atoms with Crippen LogP contribution >= 0.6 is 0 Å². The number of halogens is 3. The van der Waals surface area contributed by atoms with E-state index in [0.29, 0.717) is 31.4 Å². The van der Waals surface area contributed by atoms with E-state index in [2.05, 4.69) is 0 Å². The summed E-state index contributed by atoms with van der Waals surface area (Å²) in [4.78, 5) is 26.5. The molecule has 2 saturated carbocycles. The number of benzene rings is 1. The third-order valence-electron chi connectivity index (χ3n) is 6.49. The fraction of sp³-hybridized carbons (Fsp3) is 0.579. The number of rotatable bonds is 3. The van der Waals surface area contributed by atoms with Gasteiger partial charge in [0.15, 0.2) is 0 Å². The molecular weight excluding hydrogens is 347 g/mol. The predicted molar refractivity (Wildman–Crippen MR) is 86.3 cm³/mol. The smallest absolute Gasteiger partial charge is 0.416 e. The molecule has 1 aromatic rings. The minimum atomic E-state index is -4.45. The molecule has 3 aliphatic rings. The summed E-state index contributed by atoms with van der Waals surface area (Å²) in [5.41, 5.74) is -2.16. The van der Waals surface area contributed by atoms with Crippen LogP contribution in [0.15, 0.2) is 24.3 Å². The Morgan fingerprint density at radius 1 is 1.19 bits per heavy atom. The fourth-order valence-corrected chi connectivity index (χ4v) is 4.84. The molecule has 140 valence electrons. The number of likely N-dealkylation sites (tertiary alicyclic amines) is 1. The largest absolute Gasteiger partial charge is 0.481 e. The standard InChI is InChI=1S/C19H20F3NO3/c20-19(21,22)13-4-1-3-12(9-13)17(7-8-17)15(24)23-10-14-5-2-6-18(14,11-23)16(25)26/h1,3-4,9,14H,2,5-8,10-11H2,(H,25,26)/t14-,18+/m0/s1. The molecule has 26 heavy (non-hydrogen) atoms. The van der Waals surface area contributed by atoms with Crippen LogP contribution in [0.2, 0.25) is 0 Å². The van der Waals surface area contributed by atoms with E-state index in [-0.39, 0.29) is 18.4 Å². The fourth-order valence-electron chi connectivity index (χ4n) is 4.84. The number of carboxylic acids is 1. The summed E-state index contributed by atoms with van der Waals surface area (Å²) in [6, 6.07) is 4.98. The van der Waals surface area contributed by atoms with Crippen molar-refractivity contribution in [2.24, 2.45) is 11.3 Å². The van der Waals surface area contributed by atoms with Gasteiger partial charge >= 0.3 is 12.1 Å². The quantitative estimate of drug-likeness (QED) is 0.890. The highest BCUT2D eigenvalue weighted by Crippen LogP contribution is 2.54. The Labute approximate surface area is 149 Å². The molecule has 1 heterocycles. The lowest BCUT2D eigenvalue weighted by Gasteiger charge is -2.26. The Morgan fingerprint density at radius 2 is 1.92 bits per heavy atom. The third kappa shape index (κ3) is 2.43. The highest BCUT2D eigenvalue weighted by Gasteiger charge is 2.60. The molecule has 0 radical (unpaired) electrons. The highest BCUT2D eigenvalue weighted by molar-refractivity contribution is 5.92. The molecule has 7 heteroatoms. The van der Waals surface area contributed by atoms with Crippen molar-refractivity contribution in [2.75, 3.05) is 13.1 Å². The van der Waals surface area contributed by atoms with Crippen LogP contribution in [0.3, 0.4) is 0 Å². The number of carbonyl (C=O) groups excluding carboxylic acids is 1. The van der Waals surface area contributed by atoms with E-state index >= 15 is 0 Å². The number of carbonyl (C=O) groups is 2. The summed E-state index contributed by atoms with van der Waals surface area (Å²) in [5, 5.41) is 9.67. The summed E-state index contributed by atoms with van der Waals surface area (Å²) in [5.74, 6) is -1.13. The SMILES string of the molecule is O=C(N1C[C@@H]2CCC[C@@]2(C(=O)O)C1)C1(c2cccc(C(F)(F)F)c2)CC1. The maximum absolute atomic E-state index is 13.1. The van der Waals surface area contributed by atoms with Crippen molar-refractivity contribution in [2.45, 2.75) is 43.7 Å². The van der Waals surface area contributed by atoms with Crippen LogP contribution in [0.1, 0.15) is 43.2 Å². The summed E-state index contributed by atoms with van der Waals surface area (Å²) in [6.07, 6.45) is -1.24. The number of alkyl halides is 3. The zero-order valence-electron chi connectivity index (χ0n) is 14.2. The summed E-state index contributed by atoms with van der Waals surface area (Å²) in [6.45, 7) is 0.568. The Morgan fingerprint density at radius 3 is 2.50 bits per heavy atom. The van der Waals surface area contributed by atoms with Crippen LogP contribution in [0.5, 0.6) is 0 Å². The number of nitrogens with zero attached hydrogens (tertiary/aromatic N) is 1. The topological polar surface area (TPSA) is 57.6 Å². The minimum absolute atomic E-state index is 0.0544. The van der Waals surface area contributed by atoms with E-state index in [0.717, 1.165) is 25.0 Å². The molecule has 0 unspecified atom stereocenters. The molecule has 1 saturated heterocycles. The summed E-state index contributed by atoms with van der Waals surface area (Å²) < 4.78 is 39.0. The number of aliphatic carboxylic acids is 1. The van der Waals surface area contributed by atoms with Crippen LogP contribution in [0.25, 0.3) is 0 Å². The normalized spacial score (nSPS) is 29.5. The molecule has 1 amide bonds. The van der Waals surface area contributed by atoms with Gasteiger partial charge in [0.2, 0.25) is 5.91 Å². The van der Waals surface area contributed by atoms with Crippen LogP contribution in [0, 0.1) is 11.3 Å². The van der Waals surface area contributed by atoms with Gasteiger partial charge in [0.05, 0.1) is 16.4 Å². The van der Waals surface area contributed by atoms with E-state index in [9.17, 15) is 27.9 Å². The van der Waals surface area contributed by atoms with Crippen molar-refractivity contribution in [3.8, 4) is 0 Å². The van der Waals surface area contributed by atoms with Gasteiger partial charge in [-0.2, -0.15) is 13.2 Å². The molecule has 1 aromatic carbocycles. The van der Waals surface area contributed by atoms with Gasteiger partial charge in [-0.25, -0.2) is 0 Å². The molecule has 0 bridgehead atoms. The first-order valence-corrected chi connectivity index (χ1v) is 8.90. The summed E-state index contributed by atoms with van der Waals surface area (Å²) in [7, 11) is 0. The molecule has 1 aliphatic heterocycles. The maximum Gasteiger partial charge on any atom is 0.416 e. The van der Waals surface area contributed by atoms with Gasteiger partial charge in [0.25, 0.3) is 0 Å². The van der Waals surface area contributed by atoms with Crippen LogP contribution in [0.4, 0.5) is 13.2 Å². The molecule has 0 spiro atoms. The van der Waals surface area contributed by atoms with Gasteiger partial charge < -0.3 is 10.0 Å². The third-order valence-corrected chi connectivity index (χ3v) is 6.49. The Kier molecular flexibility index (Phi) is 3.66. The van der Waals surface area contributed by atoms with Crippen LogP contribution < -0.4 is 0 Å². The van der Waals surface area contributed by atoms with Gasteiger partial charge in [-0.05, 0) is 43.2 Å². The van der Waals surface area contributed by atoms with E-state index in [1.54, 1.807) is 11.0 Å². The number of hydrogen-bond donors (Lipinski definition) is 1. The predicted octanol–water partition coefficient (Wildman–Crippen LogP) is 3.45. The van der Waals surface area contributed by atoms with Crippen molar-refractivity contribution >= 4 is 11.9 Å². The Balaban J connectivity index is 1.61. The monoisotopic (exact) mass is 367 g/mol. The molecule has 3 fully saturated rings. The molecular formula is C19H20F3NO3. The van der Waals surface area contributed by atoms with Gasteiger partial charge in [0.1, 0.15) is 0 Å². The van der Waals surface area contributed by atoms with Gasteiger partial charge in [-0.1, -0.05) is 24.6 Å². The maximum atomic E-state index is 13.1.